The minimum absolute atomic E-state index is 0.232. The Kier molecular flexibility index (Phi) is 2.08. The van der Waals surface area contributed by atoms with Gasteiger partial charge < -0.3 is 5.73 Å². The highest BCUT2D eigenvalue weighted by Gasteiger charge is 2.16. The summed E-state index contributed by atoms with van der Waals surface area (Å²) in [5.41, 5.74) is 7.88. The Balaban J connectivity index is 2.45. The molecule has 0 atom stereocenters. The molecule has 1 aromatic rings. The number of allylic oxidation sites excluding steroid dienone is 1. The van der Waals surface area contributed by atoms with E-state index in [-0.39, 0.29) is 5.82 Å². The molecule has 2 rings (SSSR count). The molecule has 0 saturated heterocycles. The smallest absolute Gasteiger partial charge is 0.241 e. The molecule has 2 nitrogen and oxygen atoms in total. The summed E-state index contributed by atoms with van der Waals surface area (Å²) in [6.45, 7) is 0. The molecule has 0 spiro atoms. The minimum atomic E-state index is -0.447. The Morgan fingerprint density at radius 2 is 2.21 bits per heavy atom. The summed E-state index contributed by atoms with van der Waals surface area (Å²) in [6.07, 6.45) is 2.97. The SMILES string of the molecule is NC(=O)/C=C1\CCc2cc(F)ccc21. The van der Waals surface area contributed by atoms with Gasteiger partial charge in [-0.25, -0.2) is 4.39 Å². The first-order chi connectivity index (χ1) is 6.66. The Morgan fingerprint density at radius 1 is 1.43 bits per heavy atom. The number of aryl methyl sites for hydroxylation is 1. The molecule has 14 heavy (non-hydrogen) atoms. The number of carbonyl (C=O) groups excluding carboxylic acids is 1. The van der Waals surface area contributed by atoms with Gasteiger partial charge in [0.1, 0.15) is 5.82 Å². The summed E-state index contributed by atoms with van der Waals surface area (Å²) >= 11 is 0. The zero-order valence-electron chi connectivity index (χ0n) is 7.59. The maximum absolute atomic E-state index is 12.8. The molecule has 1 aliphatic rings. The van der Waals surface area contributed by atoms with Crippen LogP contribution >= 0.6 is 0 Å². The number of nitrogens with two attached hydrogens (primary N) is 1. The Hall–Kier alpha value is -1.64. The molecule has 1 amide bonds. The predicted octanol–water partition coefficient (Wildman–Crippen LogP) is 1.64. The third-order valence-corrected chi connectivity index (χ3v) is 2.39. The van der Waals surface area contributed by atoms with Crippen LogP contribution in [-0.2, 0) is 11.2 Å². The van der Waals surface area contributed by atoms with Crippen LogP contribution in [0.4, 0.5) is 4.39 Å². The summed E-state index contributed by atoms with van der Waals surface area (Å²) in [7, 11) is 0. The van der Waals surface area contributed by atoms with Gasteiger partial charge in [-0.3, -0.25) is 4.79 Å². The van der Waals surface area contributed by atoms with Crippen molar-refractivity contribution in [2.75, 3.05) is 0 Å². The number of rotatable bonds is 1. The van der Waals surface area contributed by atoms with Crippen molar-refractivity contribution < 1.29 is 9.18 Å². The second-order valence-corrected chi connectivity index (χ2v) is 3.37. The van der Waals surface area contributed by atoms with Crippen LogP contribution in [0.3, 0.4) is 0 Å². The highest BCUT2D eigenvalue weighted by Crippen LogP contribution is 2.32. The Labute approximate surface area is 81.2 Å². The monoisotopic (exact) mass is 191 g/mol. The zero-order valence-corrected chi connectivity index (χ0v) is 7.59. The lowest BCUT2D eigenvalue weighted by atomic mass is 10.1. The van der Waals surface area contributed by atoms with E-state index in [9.17, 15) is 9.18 Å². The molecular weight excluding hydrogens is 181 g/mol. The lowest BCUT2D eigenvalue weighted by Gasteiger charge is -1.99. The molecule has 72 valence electrons. The first-order valence-electron chi connectivity index (χ1n) is 4.45. The van der Waals surface area contributed by atoms with Gasteiger partial charge in [0.25, 0.3) is 0 Å². The van der Waals surface area contributed by atoms with E-state index in [2.05, 4.69) is 0 Å². The van der Waals surface area contributed by atoms with Crippen LogP contribution in [0.1, 0.15) is 17.5 Å². The molecule has 1 aliphatic carbocycles. The summed E-state index contributed by atoms with van der Waals surface area (Å²) < 4.78 is 12.8. The van der Waals surface area contributed by atoms with Gasteiger partial charge in [0.05, 0.1) is 0 Å². The standard InChI is InChI=1S/C11H10FNO/c12-9-3-4-10-7(5-9)1-2-8(10)6-11(13)14/h3-6H,1-2H2,(H2,13,14)/b8-6+. The summed E-state index contributed by atoms with van der Waals surface area (Å²) in [5, 5.41) is 0. The van der Waals surface area contributed by atoms with E-state index in [0.717, 1.165) is 29.5 Å². The van der Waals surface area contributed by atoms with Gasteiger partial charge in [-0.05, 0) is 41.7 Å². The summed E-state index contributed by atoms with van der Waals surface area (Å²) in [4.78, 5) is 10.7. The van der Waals surface area contributed by atoms with Gasteiger partial charge >= 0.3 is 0 Å². The number of halogens is 1. The van der Waals surface area contributed by atoms with Gasteiger partial charge in [-0.2, -0.15) is 0 Å². The molecule has 0 unspecified atom stereocenters. The zero-order chi connectivity index (χ0) is 10.1. The van der Waals surface area contributed by atoms with Crippen molar-refractivity contribution in [3.63, 3.8) is 0 Å². The van der Waals surface area contributed by atoms with Crippen LogP contribution in [0, 0.1) is 5.82 Å². The number of benzene rings is 1. The second-order valence-electron chi connectivity index (χ2n) is 3.37. The number of primary amides is 1. The molecule has 1 aromatic carbocycles. The molecule has 0 radical (unpaired) electrons. The third kappa shape index (κ3) is 1.53. The van der Waals surface area contributed by atoms with E-state index in [1.807, 2.05) is 0 Å². The van der Waals surface area contributed by atoms with Crippen molar-refractivity contribution in [1.29, 1.82) is 0 Å². The van der Waals surface area contributed by atoms with Crippen molar-refractivity contribution in [2.24, 2.45) is 5.73 Å². The van der Waals surface area contributed by atoms with Gasteiger partial charge in [0.15, 0.2) is 0 Å². The fraction of sp³-hybridized carbons (Fsp3) is 0.182. The Bertz CT molecular complexity index is 423. The maximum atomic E-state index is 12.8. The molecule has 0 aliphatic heterocycles. The number of hydrogen-bond acceptors (Lipinski definition) is 1. The molecular formula is C11H10FNO. The van der Waals surface area contributed by atoms with Crippen LogP contribution in [-0.4, -0.2) is 5.91 Å². The maximum Gasteiger partial charge on any atom is 0.241 e. The Morgan fingerprint density at radius 3 is 2.93 bits per heavy atom. The first kappa shape index (κ1) is 8.94. The van der Waals surface area contributed by atoms with E-state index >= 15 is 0 Å². The van der Waals surface area contributed by atoms with Crippen LogP contribution in [0.25, 0.3) is 5.57 Å². The lowest BCUT2D eigenvalue weighted by Crippen LogP contribution is -2.06. The molecule has 0 heterocycles. The van der Waals surface area contributed by atoms with Crippen LogP contribution < -0.4 is 5.73 Å². The molecule has 3 heteroatoms. The molecule has 2 N–H and O–H groups in total. The van der Waals surface area contributed by atoms with Crippen molar-refractivity contribution in [2.45, 2.75) is 12.8 Å². The van der Waals surface area contributed by atoms with Crippen molar-refractivity contribution in [3.05, 3.63) is 41.2 Å². The quantitative estimate of drug-likeness (QED) is 0.674. The number of carbonyl (C=O) groups is 1. The highest BCUT2D eigenvalue weighted by atomic mass is 19.1. The van der Waals surface area contributed by atoms with Crippen LogP contribution in [0.5, 0.6) is 0 Å². The molecule has 0 fully saturated rings. The summed E-state index contributed by atoms with van der Waals surface area (Å²) in [5.74, 6) is -0.679. The van der Waals surface area contributed by atoms with Gasteiger partial charge in [0.2, 0.25) is 5.91 Å². The number of hydrogen-bond donors (Lipinski definition) is 1. The number of fused-ring (bicyclic) bond motifs is 1. The summed E-state index contributed by atoms with van der Waals surface area (Å²) in [6, 6.07) is 4.61. The van der Waals surface area contributed by atoms with E-state index in [0.29, 0.717) is 0 Å². The molecule has 0 bridgehead atoms. The van der Waals surface area contributed by atoms with Gasteiger partial charge in [-0.1, -0.05) is 6.07 Å². The van der Waals surface area contributed by atoms with E-state index in [4.69, 9.17) is 5.73 Å². The van der Waals surface area contributed by atoms with Gasteiger partial charge in [-0.15, -0.1) is 0 Å². The van der Waals surface area contributed by atoms with E-state index in [1.165, 1.54) is 18.2 Å². The molecule has 0 aromatic heterocycles. The molecule has 0 saturated carbocycles. The van der Waals surface area contributed by atoms with E-state index < -0.39 is 5.91 Å². The lowest BCUT2D eigenvalue weighted by molar-refractivity contribution is -0.113. The largest absolute Gasteiger partial charge is 0.366 e. The van der Waals surface area contributed by atoms with Crippen molar-refractivity contribution >= 4 is 11.5 Å². The average Bonchev–Trinajstić information content (AvgIpc) is 2.47. The van der Waals surface area contributed by atoms with Gasteiger partial charge in [0, 0.05) is 6.08 Å². The number of amides is 1. The second kappa shape index (κ2) is 3.25. The van der Waals surface area contributed by atoms with Crippen LogP contribution in [0.15, 0.2) is 24.3 Å². The van der Waals surface area contributed by atoms with Crippen molar-refractivity contribution in [1.82, 2.24) is 0 Å². The highest BCUT2D eigenvalue weighted by molar-refractivity contribution is 5.95. The normalized spacial score (nSPS) is 17.1. The first-order valence-corrected chi connectivity index (χ1v) is 4.45. The van der Waals surface area contributed by atoms with Crippen molar-refractivity contribution in [3.8, 4) is 0 Å². The fourth-order valence-electron chi connectivity index (χ4n) is 1.81. The minimum Gasteiger partial charge on any atom is -0.366 e. The van der Waals surface area contributed by atoms with E-state index in [1.54, 1.807) is 6.07 Å². The average molecular weight is 191 g/mol. The topological polar surface area (TPSA) is 43.1 Å². The third-order valence-electron chi connectivity index (χ3n) is 2.39. The fourth-order valence-corrected chi connectivity index (χ4v) is 1.81. The predicted molar refractivity (Wildman–Crippen MR) is 51.9 cm³/mol. The van der Waals surface area contributed by atoms with Crippen LogP contribution in [0.2, 0.25) is 0 Å².